The predicted molar refractivity (Wildman–Crippen MR) is 132 cm³/mol. The number of piperidine rings is 1. The molecule has 176 valence electrons. The smallest absolute Gasteiger partial charge is 0.309 e. The van der Waals surface area contributed by atoms with Crippen molar-refractivity contribution >= 4 is 45.9 Å². The van der Waals surface area contributed by atoms with Crippen molar-refractivity contribution in [2.45, 2.75) is 19.8 Å². The lowest BCUT2D eigenvalue weighted by atomic mass is 9.96. The zero-order valence-corrected chi connectivity index (χ0v) is 20.2. The molecule has 9 heteroatoms. The molecule has 3 aromatic rings. The zero-order valence-electron chi connectivity index (χ0n) is 18.6. The van der Waals surface area contributed by atoms with Crippen LogP contribution in [0.15, 0.2) is 53.9 Å². The van der Waals surface area contributed by atoms with E-state index < -0.39 is 11.9 Å². The summed E-state index contributed by atoms with van der Waals surface area (Å²) >= 11 is 7.19. The van der Waals surface area contributed by atoms with Gasteiger partial charge in [0.05, 0.1) is 11.6 Å². The van der Waals surface area contributed by atoms with Crippen LogP contribution < -0.4 is 5.32 Å². The van der Waals surface area contributed by atoms with E-state index in [1.165, 1.54) is 11.3 Å². The number of benzene rings is 2. The maximum absolute atomic E-state index is 12.6. The van der Waals surface area contributed by atoms with E-state index in [1.807, 2.05) is 36.6 Å². The highest BCUT2D eigenvalue weighted by atomic mass is 35.5. The Labute approximate surface area is 206 Å². The number of esters is 1. The second kappa shape index (κ2) is 10.8. The van der Waals surface area contributed by atoms with Gasteiger partial charge in [-0.1, -0.05) is 41.4 Å². The number of ether oxygens (including phenoxy) is 1. The van der Waals surface area contributed by atoms with Crippen LogP contribution in [-0.2, 0) is 14.3 Å². The van der Waals surface area contributed by atoms with Gasteiger partial charge in [-0.05, 0) is 44.0 Å². The van der Waals surface area contributed by atoms with Crippen LogP contribution in [0.5, 0.6) is 0 Å². The number of nitrogens with one attached hydrogen (secondary N) is 1. The van der Waals surface area contributed by atoms with Crippen molar-refractivity contribution in [2.24, 2.45) is 5.92 Å². The Hall–Kier alpha value is -3.23. The molecular weight excluding hydrogens is 474 g/mol. The van der Waals surface area contributed by atoms with Crippen LogP contribution in [0.4, 0.5) is 5.13 Å². The molecule has 1 aliphatic rings. The lowest BCUT2D eigenvalue weighted by Gasteiger charge is -2.31. The summed E-state index contributed by atoms with van der Waals surface area (Å²) in [6.07, 6.45) is 0.984. The fourth-order valence-corrected chi connectivity index (χ4v) is 4.55. The number of thiazole rings is 1. The maximum atomic E-state index is 12.6. The lowest BCUT2D eigenvalue weighted by Crippen LogP contribution is -2.41. The monoisotopic (exact) mass is 497 g/mol. The van der Waals surface area contributed by atoms with Gasteiger partial charge in [-0.3, -0.25) is 19.7 Å². The summed E-state index contributed by atoms with van der Waals surface area (Å²) in [5.74, 6) is -1.28. The average molecular weight is 498 g/mol. The Bertz CT molecular complexity index is 1170. The van der Waals surface area contributed by atoms with Crippen LogP contribution in [0, 0.1) is 12.8 Å². The van der Waals surface area contributed by atoms with Crippen molar-refractivity contribution < 1.29 is 19.1 Å². The Kier molecular flexibility index (Phi) is 7.59. The van der Waals surface area contributed by atoms with E-state index in [0.717, 1.165) is 16.8 Å². The highest BCUT2D eigenvalue weighted by Crippen LogP contribution is 2.25. The number of hydrogen-bond acceptors (Lipinski definition) is 6. The van der Waals surface area contributed by atoms with Gasteiger partial charge in [0, 0.05) is 34.6 Å². The molecule has 0 unspecified atom stereocenters. The number of carbonyl (C=O) groups excluding carboxylic acids is 3. The molecular formula is C25H24ClN3O4S. The van der Waals surface area contributed by atoms with E-state index in [-0.39, 0.29) is 18.4 Å². The highest BCUT2D eigenvalue weighted by molar-refractivity contribution is 7.14. The number of carbonyl (C=O) groups is 3. The summed E-state index contributed by atoms with van der Waals surface area (Å²) in [6.45, 7) is 2.55. The average Bonchev–Trinajstić information content (AvgIpc) is 3.31. The molecule has 1 fully saturated rings. The van der Waals surface area contributed by atoms with Gasteiger partial charge in [-0.2, -0.15) is 0 Å². The minimum atomic E-state index is -0.437. The number of hydrogen-bond donors (Lipinski definition) is 1. The van der Waals surface area contributed by atoms with Crippen LogP contribution in [-0.4, -0.2) is 47.4 Å². The van der Waals surface area contributed by atoms with E-state index in [0.29, 0.717) is 41.6 Å². The number of aromatic nitrogens is 1. The molecule has 0 spiro atoms. The molecule has 1 N–H and O–H groups in total. The second-order valence-electron chi connectivity index (χ2n) is 8.13. The van der Waals surface area contributed by atoms with E-state index in [2.05, 4.69) is 10.3 Å². The van der Waals surface area contributed by atoms with Gasteiger partial charge in [0.2, 0.25) is 0 Å². The molecule has 34 heavy (non-hydrogen) atoms. The van der Waals surface area contributed by atoms with Gasteiger partial charge < -0.3 is 9.64 Å². The van der Waals surface area contributed by atoms with Crippen molar-refractivity contribution in [3.05, 3.63) is 70.1 Å². The number of likely N-dealkylation sites (tertiary alicyclic amines) is 1. The van der Waals surface area contributed by atoms with E-state index >= 15 is 0 Å². The Balaban J connectivity index is 1.21. The standard InChI is InChI=1S/C25H24ClN3O4S/c1-16-2-4-17(5-3-16)21-15-34-25(27-21)28-22(30)14-33-24(32)19-10-12-29(13-11-19)23(31)18-6-8-20(26)9-7-18/h2-9,15,19H,10-14H2,1H3,(H,27,28,30). The summed E-state index contributed by atoms with van der Waals surface area (Å²) < 4.78 is 5.22. The van der Waals surface area contributed by atoms with Crippen LogP contribution in [0.3, 0.4) is 0 Å². The summed E-state index contributed by atoms with van der Waals surface area (Å²) in [5.41, 5.74) is 3.47. The summed E-state index contributed by atoms with van der Waals surface area (Å²) in [5, 5.41) is 5.56. The van der Waals surface area contributed by atoms with Gasteiger partial charge in [0.25, 0.3) is 11.8 Å². The summed E-state index contributed by atoms with van der Waals surface area (Å²) in [7, 11) is 0. The van der Waals surface area contributed by atoms with Gasteiger partial charge in [-0.15, -0.1) is 11.3 Å². The fraction of sp³-hybridized carbons (Fsp3) is 0.280. The lowest BCUT2D eigenvalue weighted by molar-refractivity contribution is -0.152. The maximum Gasteiger partial charge on any atom is 0.309 e. The Morgan fingerprint density at radius 1 is 1.09 bits per heavy atom. The first-order chi connectivity index (χ1) is 16.4. The first kappa shape index (κ1) is 23.9. The topological polar surface area (TPSA) is 88.6 Å². The molecule has 0 saturated carbocycles. The molecule has 0 radical (unpaired) electrons. The first-order valence-corrected chi connectivity index (χ1v) is 12.2. The van der Waals surface area contributed by atoms with Crippen molar-refractivity contribution in [2.75, 3.05) is 25.0 Å². The fourth-order valence-electron chi connectivity index (χ4n) is 3.69. The van der Waals surface area contributed by atoms with Crippen molar-refractivity contribution in [1.82, 2.24) is 9.88 Å². The third-order valence-corrected chi connectivity index (χ3v) is 6.66. The summed E-state index contributed by atoms with van der Waals surface area (Å²) in [4.78, 5) is 43.4. The molecule has 0 bridgehead atoms. The number of rotatable bonds is 6. The number of nitrogens with zero attached hydrogens (tertiary/aromatic N) is 2. The molecule has 4 rings (SSSR count). The van der Waals surface area contributed by atoms with Gasteiger partial charge in [0.1, 0.15) is 0 Å². The highest BCUT2D eigenvalue weighted by Gasteiger charge is 2.29. The quantitative estimate of drug-likeness (QED) is 0.494. The number of aryl methyl sites for hydroxylation is 1. The molecule has 2 amide bonds. The van der Waals surface area contributed by atoms with Gasteiger partial charge >= 0.3 is 5.97 Å². The first-order valence-electron chi connectivity index (χ1n) is 10.9. The van der Waals surface area contributed by atoms with Gasteiger partial charge in [0.15, 0.2) is 11.7 Å². The number of anilines is 1. The second-order valence-corrected chi connectivity index (χ2v) is 9.43. The van der Waals surface area contributed by atoms with Crippen molar-refractivity contribution in [3.63, 3.8) is 0 Å². The SMILES string of the molecule is Cc1ccc(-c2csc(NC(=O)COC(=O)C3CCN(C(=O)c4ccc(Cl)cc4)CC3)n2)cc1. The van der Waals surface area contributed by atoms with Crippen LogP contribution in [0.2, 0.25) is 5.02 Å². The summed E-state index contributed by atoms with van der Waals surface area (Å²) in [6, 6.07) is 14.7. The number of halogens is 1. The molecule has 2 aromatic carbocycles. The minimum Gasteiger partial charge on any atom is -0.455 e. The normalized spacial score (nSPS) is 14.0. The van der Waals surface area contributed by atoms with Gasteiger partial charge in [-0.25, -0.2) is 4.98 Å². The van der Waals surface area contributed by atoms with Crippen LogP contribution >= 0.6 is 22.9 Å². The number of amides is 2. The molecule has 1 saturated heterocycles. The minimum absolute atomic E-state index is 0.0867. The van der Waals surface area contributed by atoms with E-state index in [1.54, 1.807) is 29.2 Å². The molecule has 0 atom stereocenters. The third-order valence-electron chi connectivity index (χ3n) is 5.65. The molecule has 1 aliphatic heterocycles. The molecule has 1 aromatic heterocycles. The third kappa shape index (κ3) is 6.01. The van der Waals surface area contributed by atoms with Crippen LogP contribution in [0.25, 0.3) is 11.3 Å². The largest absolute Gasteiger partial charge is 0.455 e. The van der Waals surface area contributed by atoms with E-state index in [9.17, 15) is 14.4 Å². The molecule has 0 aliphatic carbocycles. The zero-order chi connectivity index (χ0) is 24.1. The Morgan fingerprint density at radius 3 is 2.44 bits per heavy atom. The van der Waals surface area contributed by atoms with Crippen molar-refractivity contribution in [3.8, 4) is 11.3 Å². The molecule has 7 nitrogen and oxygen atoms in total. The van der Waals surface area contributed by atoms with E-state index in [4.69, 9.17) is 16.3 Å². The van der Waals surface area contributed by atoms with Crippen LogP contribution in [0.1, 0.15) is 28.8 Å². The molecule has 2 heterocycles. The Morgan fingerprint density at radius 2 is 1.76 bits per heavy atom. The predicted octanol–water partition coefficient (Wildman–Crippen LogP) is 4.81. The van der Waals surface area contributed by atoms with Crippen molar-refractivity contribution in [1.29, 1.82) is 0 Å².